The maximum atomic E-state index is 13.3. The van der Waals surface area contributed by atoms with Crippen LogP contribution in [0.25, 0.3) is 16.9 Å². The van der Waals surface area contributed by atoms with Gasteiger partial charge in [0.1, 0.15) is 6.54 Å². The van der Waals surface area contributed by atoms with Crippen LogP contribution >= 0.6 is 11.6 Å². The molecule has 5 rings (SSSR count). The number of carbonyl (C=O) groups is 2. The summed E-state index contributed by atoms with van der Waals surface area (Å²) >= 11 is 6.29. The Labute approximate surface area is 221 Å². The number of aryl methyl sites for hydroxylation is 2. The molecule has 0 bridgehead atoms. The number of anilines is 1. The molecule has 1 fully saturated rings. The van der Waals surface area contributed by atoms with Crippen LogP contribution in [0.5, 0.6) is 0 Å². The first-order valence-electron chi connectivity index (χ1n) is 12.4. The van der Waals surface area contributed by atoms with E-state index >= 15 is 0 Å². The fraction of sp³-hybridized carbons (Fsp3) is 0.233. The van der Waals surface area contributed by atoms with Crippen LogP contribution in [0.3, 0.4) is 0 Å². The number of hydrogen-bond donors (Lipinski definition) is 1. The van der Waals surface area contributed by atoms with Crippen molar-refractivity contribution in [2.75, 3.05) is 18.4 Å². The minimum absolute atomic E-state index is 0.0822. The predicted molar refractivity (Wildman–Crippen MR) is 147 cm³/mol. The van der Waals surface area contributed by atoms with Gasteiger partial charge in [-0.3, -0.25) is 19.5 Å². The smallest absolute Gasteiger partial charge is 0.255 e. The number of amides is 2. The summed E-state index contributed by atoms with van der Waals surface area (Å²) in [6.07, 6.45) is 4.04. The van der Waals surface area contributed by atoms with Crippen LogP contribution in [-0.4, -0.2) is 39.4 Å². The van der Waals surface area contributed by atoms with Crippen molar-refractivity contribution in [3.8, 4) is 16.9 Å². The first-order valence-corrected chi connectivity index (χ1v) is 12.8. The maximum absolute atomic E-state index is 13.3. The van der Waals surface area contributed by atoms with Gasteiger partial charge < -0.3 is 4.90 Å². The van der Waals surface area contributed by atoms with E-state index < -0.39 is 0 Å². The van der Waals surface area contributed by atoms with E-state index in [1.807, 2.05) is 73.1 Å². The highest BCUT2D eigenvalue weighted by Crippen LogP contribution is 2.31. The summed E-state index contributed by atoms with van der Waals surface area (Å²) in [6.45, 7) is 4.51. The lowest BCUT2D eigenvalue weighted by Gasteiger charge is -2.22. The van der Waals surface area contributed by atoms with E-state index in [2.05, 4.69) is 5.32 Å². The molecule has 1 aromatic heterocycles. The third-order valence-electron chi connectivity index (χ3n) is 6.52. The maximum Gasteiger partial charge on any atom is 0.255 e. The standard InChI is InChI=1S/C30H29ClN4O2/c1-20-7-13-23(14-8-20)27-18-35(24-15-9-21(2)10-16-24)30(32-27)33-28(36)19-34(17-22-11-12-22)29(37)25-5-3-4-6-26(25)31/h3-10,13-16,18,22H,11-12,17,19H2,1-2H3,(H,32,33,36). The van der Waals surface area contributed by atoms with Crippen LogP contribution in [-0.2, 0) is 4.79 Å². The van der Waals surface area contributed by atoms with E-state index in [4.69, 9.17) is 16.6 Å². The van der Waals surface area contributed by atoms with Crippen molar-refractivity contribution < 1.29 is 9.59 Å². The number of aromatic nitrogens is 2. The van der Waals surface area contributed by atoms with Gasteiger partial charge in [-0.25, -0.2) is 4.98 Å². The van der Waals surface area contributed by atoms with Gasteiger partial charge in [0.25, 0.3) is 5.91 Å². The number of rotatable bonds is 8. The highest BCUT2D eigenvalue weighted by molar-refractivity contribution is 6.33. The van der Waals surface area contributed by atoms with Gasteiger partial charge in [0.15, 0.2) is 0 Å². The van der Waals surface area contributed by atoms with Gasteiger partial charge in [-0.05, 0) is 56.9 Å². The number of nitrogens with one attached hydrogen (secondary N) is 1. The Kier molecular flexibility index (Phi) is 7.10. The highest BCUT2D eigenvalue weighted by Gasteiger charge is 2.29. The van der Waals surface area contributed by atoms with Gasteiger partial charge in [-0.1, -0.05) is 71.3 Å². The van der Waals surface area contributed by atoms with E-state index in [0.717, 1.165) is 40.9 Å². The number of carbonyl (C=O) groups excluding carboxylic acids is 2. The highest BCUT2D eigenvalue weighted by atomic mass is 35.5. The minimum Gasteiger partial charge on any atom is -0.329 e. The van der Waals surface area contributed by atoms with E-state index in [-0.39, 0.29) is 18.4 Å². The van der Waals surface area contributed by atoms with Crippen molar-refractivity contribution in [2.24, 2.45) is 5.92 Å². The Hall–Kier alpha value is -3.90. The van der Waals surface area contributed by atoms with Crippen molar-refractivity contribution in [1.82, 2.24) is 14.5 Å². The molecular weight excluding hydrogens is 484 g/mol. The summed E-state index contributed by atoms with van der Waals surface area (Å²) < 4.78 is 1.87. The third kappa shape index (κ3) is 5.92. The zero-order valence-electron chi connectivity index (χ0n) is 20.9. The van der Waals surface area contributed by atoms with Gasteiger partial charge in [0, 0.05) is 24.0 Å². The van der Waals surface area contributed by atoms with Crippen LogP contribution in [0.1, 0.15) is 34.3 Å². The van der Waals surface area contributed by atoms with Crippen LogP contribution in [0.4, 0.5) is 5.95 Å². The Bertz CT molecular complexity index is 1420. The van der Waals surface area contributed by atoms with E-state index in [9.17, 15) is 9.59 Å². The van der Waals surface area contributed by atoms with Crippen molar-refractivity contribution in [1.29, 1.82) is 0 Å². The van der Waals surface area contributed by atoms with Gasteiger partial charge in [0.2, 0.25) is 11.9 Å². The molecule has 7 heteroatoms. The Balaban J connectivity index is 1.42. The van der Waals surface area contributed by atoms with Crippen molar-refractivity contribution in [3.05, 3.63) is 101 Å². The molecule has 37 heavy (non-hydrogen) atoms. The average Bonchev–Trinajstić information content (AvgIpc) is 3.62. The first kappa shape index (κ1) is 24.8. The van der Waals surface area contributed by atoms with Crippen LogP contribution in [0, 0.1) is 19.8 Å². The van der Waals surface area contributed by atoms with Crippen LogP contribution in [0.15, 0.2) is 79.0 Å². The zero-order valence-corrected chi connectivity index (χ0v) is 21.7. The number of imidazole rings is 1. The third-order valence-corrected chi connectivity index (χ3v) is 6.85. The molecule has 0 spiro atoms. The van der Waals surface area contributed by atoms with Crippen LogP contribution in [0.2, 0.25) is 5.02 Å². The van der Waals surface area contributed by atoms with Crippen molar-refractivity contribution in [3.63, 3.8) is 0 Å². The molecule has 188 valence electrons. The normalized spacial score (nSPS) is 12.8. The second-order valence-electron chi connectivity index (χ2n) is 9.68. The van der Waals surface area contributed by atoms with Crippen LogP contribution < -0.4 is 5.32 Å². The second-order valence-corrected chi connectivity index (χ2v) is 10.1. The molecular formula is C30H29ClN4O2. The zero-order chi connectivity index (χ0) is 25.9. The molecule has 2 amide bonds. The molecule has 1 saturated carbocycles. The molecule has 1 heterocycles. The average molecular weight is 513 g/mol. The van der Waals surface area contributed by atoms with E-state index in [1.54, 1.807) is 29.2 Å². The minimum atomic E-state index is -0.310. The summed E-state index contributed by atoms with van der Waals surface area (Å²) in [5, 5.41) is 3.34. The number of nitrogens with zero attached hydrogens (tertiary/aromatic N) is 3. The largest absolute Gasteiger partial charge is 0.329 e. The quantitative estimate of drug-likeness (QED) is 0.301. The number of hydrogen-bond acceptors (Lipinski definition) is 3. The summed E-state index contributed by atoms with van der Waals surface area (Å²) in [6, 6.07) is 23.1. The molecule has 0 radical (unpaired) electrons. The monoisotopic (exact) mass is 512 g/mol. The Morgan fingerprint density at radius 2 is 1.62 bits per heavy atom. The Morgan fingerprint density at radius 1 is 0.973 bits per heavy atom. The van der Waals surface area contributed by atoms with Gasteiger partial charge in [-0.2, -0.15) is 0 Å². The molecule has 1 aliphatic carbocycles. The van der Waals surface area contributed by atoms with Gasteiger partial charge in [0.05, 0.1) is 16.3 Å². The molecule has 0 aliphatic heterocycles. The van der Waals surface area contributed by atoms with Gasteiger partial charge >= 0.3 is 0 Å². The molecule has 0 saturated heterocycles. The Morgan fingerprint density at radius 3 is 2.27 bits per heavy atom. The lowest BCUT2D eigenvalue weighted by atomic mass is 10.1. The molecule has 0 unspecified atom stereocenters. The number of benzene rings is 3. The molecule has 1 N–H and O–H groups in total. The van der Waals surface area contributed by atoms with Crippen molar-refractivity contribution in [2.45, 2.75) is 26.7 Å². The summed E-state index contributed by atoms with van der Waals surface area (Å²) in [5.74, 6) is 0.272. The van der Waals surface area contributed by atoms with E-state index in [1.165, 1.54) is 0 Å². The molecule has 3 aromatic carbocycles. The molecule has 4 aromatic rings. The summed E-state index contributed by atoms with van der Waals surface area (Å²) in [7, 11) is 0. The lowest BCUT2D eigenvalue weighted by Crippen LogP contribution is -2.39. The summed E-state index contributed by atoms with van der Waals surface area (Å²) in [5.41, 5.74) is 5.29. The van der Waals surface area contributed by atoms with Gasteiger partial charge in [-0.15, -0.1) is 0 Å². The molecule has 0 atom stereocenters. The predicted octanol–water partition coefficient (Wildman–Crippen LogP) is 6.30. The summed E-state index contributed by atoms with van der Waals surface area (Å²) in [4.78, 5) is 32.9. The molecule has 1 aliphatic rings. The SMILES string of the molecule is Cc1ccc(-c2cn(-c3ccc(C)cc3)c(NC(=O)CN(CC3CC3)C(=O)c3ccccc3Cl)n2)cc1. The fourth-order valence-electron chi connectivity index (χ4n) is 4.21. The topological polar surface area (TPSA) is 67.2 Å². The molecule has 6 nitrogen and oxygen atoms in total. The van der Waals surface area contributed by atoms with Crippen molar-refractivity contribution >= 4 is 29.4 Å². The lowest BCUT2D eigenvalue weighted by molar-refractivity contribution is -0.117. The fourth-order valence-corrected chi connectivity index (χ4v) is 4.42. The van der Waals surface area contributed by atoms with E-state index in [0.29, 0.717) is 29.0 Å². The first-order chi connectivity index (χ1) is 17.9. The second kappa shape index (κ2) is 10.6. The number of halogens is 1.